The van der Waals surface area contributed by atoms with Crippen molar-refractivity contribution in [1.29, 1.82) is 0 Å². The van der Waals surface area contributed by atoms with E-state index in [-0.39, 0.29) is 0 Å². The van der Waals surface area contributed by atoms with Gasteiger partial charge in [-0.15, -0.1) is 0 Å². The van der Waals surface area contributed by atoms with Crippen LogP contribution >= 0.6 is 0 Å². The highest BCUT2D eigenvalue weighted by Crippen LogP contribution is 2.35. The molecule has 0 unspecified atom stereocenters. The lowest BCUT2D eigenvalue weighted by Crippen LogP contribution is -2.28. The van der Waals surface area contributed by atoms with Crippen molar-refractivity contribution in [2.45, 2.75) is 19.5 Å². The molecule has 4 heteroatoms. The largest absolute Gasteiger partial charge is 0.468 e. The molecule has 1 fully saturated rings. The minimum absolute atomic E-state index is 0.712. The summed E-state index contributed by atoms with van der Waals surface area (Å²) in [5.41, 5.74) is 2.52. The summed E-state index contributed by atoms with van der Waals surface area (Å²) >= 11 is 0. The van der Waals surface area contributed by atoms with Crippen LogP contribution < -0.4 is 0 Å². The van der Waals surface area contributed by atoms with Crippen LogP contribution in [-0.4, -0.2) is 27.5 Å². The Labute approximate surface area is 141 Å². The minimum Gasteiger partial charge on any atom is -0.468 e. The molecule has 122 valence electrons. The van der Waals surface area contributed by atoms with Crippen LogP contribution in [0.15, 0.2) is 59.3 Å². The number of furan rings is 1. The van der Waals surface area contributed by atoms with Crippen molar-refractivity contribution in [2.24, 2.45) is 11.8 Å². The van der Waals surface area contributed by atoms with Crippen LogP contribution in [0.1, 0.15) is 11.6 Å². The quantitative estimate of drug-likeness (QED) is 0.741. The molecule has 2 aliphatic heterocycles. The zero-order chi connectivity index (χ0) is 15.9. The number of benzene rings is 1. The molecule has 4 nitrogen and oxygen atoms in total. The Morgan fingerprint density at radius 1 is 1.00 bits per heavy atom. The molecular weight excluding hydrogens is 298 g/mol. The van der Waals surface area contributed by atoms with Crippen molar-refractivity contribution >= 4 is 0 Å². The molecule has 0 amide bonds. The van der Waals surface area contributed by atoms with E-state index in [4.69, 9.17) is 9.40 Å². The zero-order valence-corrected chi connectivity index (χ0v) is 13.6. The van der Waals surface area contributed by atoms with Crippen molar-refractivity contribution in [2.75, 3.05) is 13.1 Å². The maximum absolute atomic E-state index is 5.51. The van der Waals surface area contributed by atoms with Gasteiger partial charge in [0.1, 0.15) is 11.6 Å². The van der Waals surface area contributed by atoms with E-state index in [1.165, 1.54) is 17.1 Å². The van der Waals surface area contributed by atoms with Gasteiger partial charge in [0.2, 0.25) is 0 Å². The molecule has 0 aliphatic carbocycles. The minimum atomic E-state index is 0.712. The van der Waals surface area contributed by atoms with Crippen LogP contribution in [0.3, 0.4) is 0 Å². The Hall–Kier alpha value is -2.33. The number of hydrogen-bond acceptors (Lipinski definition) is 3. The number of aromatic nitrogens is 2. The van der Waals surface area contributed by atoms with Gasteiger partial charge in [0, 0.05) is 26.1 Å². The Kier molecular flexibility index (Phi) is 3.30. The molecular formula is C20H21N3O. The normalized spacial score (nSPS) is 23.2. The van der Waals surface area contributed by atoms with E-state index in [0.29, 0.717) is 5.92 Å². The second-order valence-corrected chi connectivity index (χ2v) is 7.03. The van der Waals surface area contributed by atoms with Crippen molar-refractivity contribution in [3.8, 4) is 11.3 Å². The van der Waals surface area contributed by atoms with Gasteiger partial charge >= 0.3 is 0 Å². The van der Waals surface area contributed by atoms with Crippen LogP contribution in [0, 0.1) is 11.8 Å². The lowest BCUT2D eigenvalue weighted by Gasteiger charge is -2.27. The van der Waals surface area contributed by atoms with Gasteiger partial charge in [0.25, 0.3) is 0 Å². The number of imidazole rings is 1. The Bertz CT molecular complexity index is 822. The summed E-state index contributed by atoms with van der Waals surface area (Å²) in [6.45, 7) is 4.31. The van der Waals surface area contributed by atoms with Crippen molar-refractivity contribution < 1.29 is 4.42 Å². The van der Waals surface area contributed by atoms with E-state index >= 15 is 0 Å². The third-order valence-electron chi connectivity index (χ3n) is 5.48. The third kappa shape index (κ3) is 2.38. The molecule has 0 radical (unpaired) electrons. The molecule has 2 atom stereocenters. The smallest absolute Gasteiger partial charge is 0.117 e. The third-order valence-corrected chi connectivity index (χ3v) is 5.48. The molecule has 2 aromatic heterocycles. The van der Waals surface area contributed by atoms with Crippen LogP contribution in [0.25, 0.3) is 11.3 Å². The summed E-state index contributed by atoms with van der Waals surface area (Å²) in [7, 11) is 0. The average molecular weight is 319 g/mol. The van der Waals surface area contributed by atoms with Gasteiger partial charge in [0.05, 0.1) is 24.7 Å². The number of nitrogens with zero attached hydrogens (tertiary/aromatic N) is 3. The Morgan fingerprint density at radius 3 is 2.71 bits per heavy atom. The van der Waals surface area contributed by atoms with E-state index in [9.17, 15) is 0 Å². The summed E-state index contributed by atoms with van der Waals surface area (Å²) in [6, 6.07) is 14.7. The summed E-state index contributed by atoms with van der Waals surface area (Å²) in [6.07, 6.45) is 4.90. The van der Waals surface area contributed by atoms with Gasteiger partial charge in [-0.05, 0) is 29.5 Å². The molecule has 24 heavy (non-hydrogen) atoms. The van der Waals surface area contributed by atoms with E-state index in [0.717, 1.165) is 44.3 Å². The molecule has 4 heterocycles. The SMILES string of the molecule is c1ccc(-c2cnc3n2C[C@H]2CN(Cc4ccco4)C[C@H]2C3)cc1. The number of likely N-dealkylation sites (tertiary alicyclic amines) is 1. The van der Waals surface area contributed by atoms with Crippen molar-refractivity contribution in [1.82, 2.24) is 14.5 Å². The maximum atomic E-state index is 5.51. The van der Waals surface area contributed by atoms with E-state index < -0.39 is 0 Å². The van der Waals surface area contributed by atoms with Crippen molar-refractivity contribution in [3.05, 3.63) is 66.5 Å². The van der Waals surface area contributed by atoms with Crippen LogP contribution in [0.4, 0.5) is 0 Å². The molecule has 0 spiro atoms. The molecule has 1 saturated heterocycles. The van der Waals surface area contributed by atoms with Gasteiger partial charge in [-0.2, -0.15) is 0 Å². The van der Waals surface area contributed by atoms with E-state index in [2.05, 4.69) is 45.9 Å². The molecule has 0 bridgehead atoms. The van der Waals surface area contributed by atoms with Gasteiger partial charge in [-0.25, -0.2) is 4.98 Å². The molecule has 0 saturated carbocycles. The van der Waals surface area contributed by atoms with Crippen molar-refractivity contribution in [3.63, 3.8) is 0 Å². The van der Waals surface area contributed by atoms with Gasteiger partial charge in [0.15, 0.2) is 0 Å². The topological polar surface area (TPSA) is 34.2 Å². The monoisotopic (exact) mass is 319 g/mol. The lowest BCUT2D eigenvalue weighted by molar-refractivity contribution is 0.282. The van der Waals surface area contributed by atoms with Crippen LogP contribution in [0.2, 0.25) is 0 Å². The number of fused-ring (bicyclic) bond motifs is 2. The first-order chi connectivity index (χ1) is 11.9. The maximum Gasteiger partial charge on any atom is 0.117 e. The van der Waals surface area contributed by atoms with Crippen LogP contribution in [-0.2, 0) is 19.5 Å². The van der Waals surface area contributed by atoms with Gasteiger partial charge < -0.3 is 8.98 Å². The average Bonchev–Trinajstić information content (AvgIpc) is 3.32. The zero-order valence-electron chi connectivity index (χ0n) is 13.6. The summed E-state index contributed by atoms with van der Waals surface area (Å²) in [5, 5.41) is 0. The first-order valence-electron chi connectivity index (χ1n) is 8.71. The highest BCUT2D eigenvalue weighted by Gasteiger charge is 2.38. The fourth-order valence-corrected chi connectivity index (χ4v) is 4.32. The van der Waals surface area contributed by atoms with E-state index in [1.54, 1.807) is 6.26 Å². The summed E-state index contributed by atoms with van der Waals surface area (Å²) in [4.78, 5) is 7.25. The first kappa shape index (κ1) is 14.1. The molecule has 3 aromatic rings. The second-order valence-electron chi connectivity index (χ2n) is 7.03. The molecule has 2 aliphatic rings. The number of hydrogen-bond donors (Lipinski definition) is 0. The van der Waals surface area contributed by atoms with Gasteiger partial charge in [-0.1, -0.05) is 30.3 Å². The van der Waals surface area contributed by atoms with E-state index in [1.807, 2.05) is 12.3 Å². The molecule has 1 aromatic carbocycles. The fourth-order valence-electron chi connectivity index (χ4n) is 4.32. The summed E-state index contributed by atoms with van der Waals surface area (Å²) < 4.78 is 7.95. The lowest BCUT2D eigenvalue weighted by atomic mass is 9.89. The predicted molar refractivity (Wildman–Crippen MR) is 92.3 cm³/mol. The highest BCUT2D eigenvalue weighted by molar-refractivity contribution is 5.59. The molecule has 0 N–H and O–H groups in total. The fraction of sp³-hybridized carbons (Fsp3) is 0.350. The Balaban J connectivity index is 1.37. The Morgan fingerprint density at radius 2 is 1.88 bits per heavy atom. The highest BCUT2D eigenvalue weighted by atomic mass is 16.3. The summed E-state index contributed by atoms with van der Waals surface area (Å²) in [5.74, 6) is 3.74. The first-order valence-corrected chi connectivity index (χ1v) is 8.71. The van der Waals surface area contributed by atoms with Crippen LogP contribution in [0.5, 0.6) is 0 Å². The predicted octanol–water partition coefficient (Wildman–Crippen LogP) is 3.45. The standard InChI is InChI=1S/C20H21N3O/c1-2-5-15(6-3-1)19-10-21-20-9-16-11-22(12-17(16)13-23(19)20)14-18-7-4-8-24-18/h1-8,10,16-17H,9,11-14H2/t16-,17-/m1/s1. The molecule has 5 rings (SSSR count). The number of rotatable bonds is 3. The van der Waals surface area contributed by atoms with Gasteiger partial charge in [-0.3, -0.25) is 4.90 Å². The second kappa shape index (κ2) is 5.64.